The third-order valence-electron chi connectivity index (χ3n) is 3.33. The van der Waals surface area contributed by atoms with Crippen molar-refractivity contribution < 1.29 is 14.5 Å². The summed E-state index contributed by atoms with van der Waals surface area (Å²) in [5, 5.41) is 16.6. The van der Waals surface area contributed by atoms with E-state index in [4.69, 9.17) is 4.74 Å². The van der Waals surface area contributed by atoms with Gasteiger partial charge in [-0.1, -0.05) is 6.07 Å². The molecule has 8 nitrogen and oxygen atoms in total. The topological polar surface area (TPSA) is 106 Å². The summed E-state index contributed by atoms with van der Waals surface area (Å²) in [6.45, 7) is 3.53. The normalized spacial score (nSPS) is 10.1. The molecule has 0 aliphatic rings. The van der Waals surface area contributed by atoms with Crippen molar-refractivity contribution in [3.8, 4) is 5.75 Å². The van der Waals surface area contributed by atoms with Gasteiger partial charge < -0.3 is 15.4 Å². The van der Waals surface area contributed by atoms with E-state index in [2.05, 4.69) is 15.6 Å². The lowest BCUT2D eigenvalue weighted by atomic mass is 10.1. The molecule has 24 heavy (non-hydrogen) atoms. The predicted molar refractivity (Wildman–Crippen MR) is 90.3 cm³/mol. The van der Waals surface area contributed by atoms with Crippen LogP contribution in [-0.2, 0) is 11.3 Å². The maximum atomic E-state index is 11.2. The first-order chi connectivity index (χ1) is 11.4. The van der Waals surface area contributed by atoms with E-state index < -0.39 is 4.92 Å². The van der Waals surface area contributed by atoms with E-state index in [1.807, 2.05) is 6.07 Å². The van der Waals surface area contributed by atoms with Crippen molar-refractivity contribution in [3.05, 3.63) is 51.7 Å². The third kappa shape index (κ3) is 4.19. The van der Waals surface area contributed by atoms with Crippen LogP contribution in [0.5, 0.6) is 5.75 Å². The number of anilines is 2. The minimum atomic E-state index is -0.463. The molecule has 0 unspecified atom stereocenters. The van der Waals surface area contributed by atoms with E-state index >= 15 is 0 Å². The van der Waals surface area contributed by atoms with Crippen LogP contribution in [-0.4, -0.2) is 22.9 Å². The molecule has 2 rings (SSSR count). The summed E-state index contributed by atoms with van der Waals surface area (Å²) in [7, 11) is 1.53. The molecule has 0 bridgehead atoms. The summed E-state index contributed by atoms with van der Waals surface area (Å²) in [5.41, 5.74) is 2.00. The van der Waals surface area contributed by atoms with Crippen LogP contribution in [0, 0.1) is 17.0 Å². The number of hydrogen-bond acceptors (Lipinski definition) is 6. The molecule has 126 valence electrons. The van der Waals surface area contributed by atoms with Crippen molar-refractivity contribution in [2.24, 2.45) is 0 Å². The molecule has 0 aliphatic carbocycles. The molecule has 1 aromatic carbocycles. The quantitative estimate of drug-likeness (QED) is 0.623. The average Bonchev–Trinajstić information content (AvgIpc) is 2.52. The molecule has 8 heteroatoms. The minimum absolute atomic E-state index is 0.0158. The SMILES string of the molecule is COc1ccc(CNc2cc(C)c([N+](=O)[O-])cn2)cc1NC(C)=O. The van der Waals surface area contributed by atoms with Gasteiger partial charge in [-0.3, -0.25) is 14.9 Å². The van der Waals surface area contributed by atoms with Crippen LogP contribution in [0.2, 0.25) is 0 Å². The molecule has 0 saturated heterocycles. The lowest BCUT2D eigenvalue weighted by Crippen LogP contribution is -2.08. The van der Waals surface area contributed by atoms with Crippen LogP contribution in [0.3, 0.4) is 0 Å². The summed E-state index contributed by atoms with van der Waals surface area (Å²) < 4.78 is 5.20. The van der Waals surface area contributed by atoms with Crippen molar-refractivity contribution >= 4 is 23.1 Å². The zero-order chi connectivity index (χ0) is 17.7. The molecule has 1 heterocycles. The molecule has 1 amide bonds. The second kappa shape index (κ2) is 7.40. The molecule has 0 aliphatic heterocycles. The van der Waals surface area contributed by atoms with Crippen molar-refractivity contribution in [3.63, 3.8) is 0 Å². The highest BCUT2D eigenvalue weighted by molar-refractivity contribution is 5.90. The highest BCUT2D eigenvalue weighted by atomic mass is 16.6. The van der Waals surface area contributed by atoms with Crippen molar-refractivity contribution in [1.29, 1.82) is 0 Å². The van der Waals surface area contributed by atoms with Gasteiger partial charge in [0.05, 0.1) is 17.7 Å². The summed E-state index contributed by atoms with van der Waals surface area (Å²) in [6, 6.07) is 7.04. The first-order valence-electron chi connectivity index (χ1n) is 7.20. The number of rotatable bonds is 6. The van der Waals surface area contributed by atoms with E-state index in [9.17, 15) is 14.9 Å². The second-order valence-electron chi connectivity index (χ2n) is 5.18. The maximum Gasteiger partial charge on any atom is 0.290 e. The Morgan fingerprint density at radius 2 is 2.12 bits per heavy atom. The van der Waals surface area contributed by atoms with Crippen LogP contribution < -0.4 is 15.4 Å². The van der Waals surface area contributed by atoms with Gasteiger partial charge in [0, 0.05) is 19.0 Å². The number of methoxy groups -OCH3 is 1. The first kappa shape index (κ1) is 17.2. The van der Waals surface area contributed by atoms with Crippen LogP contribution in [0.1, 0.15) is 18.1 Å². The third-order valence-corrected chi connectivity index (χ3v) is 3.33. The Hall–Kier alpha value is -3.16. The molecular formula is C16H18N4O4. The van der Waals surface area contributed by atoms with Gasteiger partial charge in [0.1, 0.15) is 17.8 Å². The summed E-state index contributed by atoms with van der Waals surface area (Å²) in [5.74, 6) is 0.916. The predicted octanol–water partition coefficient (Wildman–Crippen LogP) is 2.88. The number of aromatic nitrogens is 1. The van der Waals surface area contributed by atoms with Gasteiger partial charge >= 0.3 is 0 Å². The Morgan fingerprint density at radius 3 is 2.71 bits per heavy atom. The number of carbonyl (C=O) groups is 1. The first-order valence-corrected chi connectivity index (χ1v) is 7.20. The standard InChI is InChI=1S/C16H18N4O4/c1-10-6-16(18-9-14(10)20(22)23)17-8-12-4-5-15(24-3)13(7-12)19-11(2)21/h4-7,9H,8H2,1-3H3,(H,17,18)(H,19,21). The summed E-state index contributed by atoms with van der Waals surface area (Å²) >= 11 is 0. The van der Waals surface area contributed by atoms with Gasteiger partial charge in [0.25, 0.3) is 5.69 Å². The summed E-state index contributed by atoms with van der Waals surface area (Å²) in [4.78, 5) is 25.6. The Bertz CT molecular complexity index is 777. The number of amides is 1. The smallest absolute Gasteiger partial charge is 0.290 e. The maximum absolute atomic E-state index is 11.2. The number of ether oxygens (including phenoxy) is 1. The van der Waals surface area contributed by atoms with Crippen LogP contribution in [0.25, 0.3) is 0 Å². The average molecular weight is 330 g/mol. The second-order valence-corrected chi connectivity index (χ2v) is 5.18. The molecule has 0 radical (unpaired) electrons. The Kier molecular flexibility index (Phi) is 5.31. The fraction of sp³-hybridized carbons (Fsp3) is 0.250. The van der Waals surface area contributed by atoms with Crippen LogP contribution in [0.4, 0.5) is 17.2 Å². The molecule has 0 atom stereocenters. The number of aryl methyl sites for hydroxylation is 1. The van der Waals surface area contributed by atoms with E-state index in [1.54, 1.807) is 25.1 Å². The van der Waals surface area contributed by atoms with E-state index in [0.29, 0.717) is 29.4 Å². The summed E-state index contributed by atoms with van der Waals surface area (Å²) in [6.07, 6.45) is 1.23. The van der Waals surface area contributed by atoms with Crippen molar-refractivity contribution in [2.75, 3.05) is 17.7 Å². The molecular weight excluding hydrogens is 312 g/mol. The Morgan fingerprint density at radius 1 is 1.38 bits per heavy atom. The fourth-order valence-electron chi connectivity index (χ4n) is 2.18. The Balaban J connectivity index is 2.13. The molecule has 1 aromatic heterocycles. The van der Waals surface area contributed by atoms with Gasteiger partial charge in [-0.05, 0) is 30.7 Å². The number of nitro groups is 1. The highest BCUT2D eigenvalue weighted by Crippen LogP contribution is 2.26. The number of nitrogens with one attached hydrogen (secondary N) is 2. The molecule has 2 N–H and O–H groups in total. The lowest BCUT2D eigenvalue weighted by molar-refractivity contribution is -0.385. The molecule has 0 spiro atoms. The Labute approximate surface area is 139 Å². The van der Waals surface area contributed by atoms with E-state index in [1.165, 1.54) is 20.2 Å². The van der Waals surface area contributed by atoms with Crippen molar-refractivity contribution in [2.45, 2.75) is 20.4 Å². The number of carbonyl (C=O) groups excluding carboxylic acids is 1. The lowest BCUT2D eigenvalue weighted by Gasteiger charge is -2.12. The van der Waals surface area contributed by atoms with Crippen LogP contribution >= 0.6 is 0 Å². The van der Waals surface area contributed by atoms with Crippen molar-refractivity contribution in [1.82, 2.24) is 4.98 Å². The van der Waals surface area contributed by atoms with E-state index in [0.717, 1.165) is 5.56 Å². The zero-order valence-electron chi connectivity index (χ0n) is 13.6. The highest BCUT2D eigenvalue weighted by Gasteiger charge is 2.11. The van der Waals surface area contributed by atoms with Gasteiger partial charge in [-0.2, -0.15) is 0 Å². The largest absolute Gasteiger partial charge is 0.495 e. The van der Waals surface area contributed by atoms with Gasteiger partial charge in [-0.15, -0.1) is 0 Å². The van der Waals surface area contributed by atoms with Gasteiger partial charge in [0.2, 0.25) is 5.91 Å². The molecule has 2 aromatic rings. The minimum Gasteiger partial charge on any atom is -0.495 e. The fourth-order valence-corrected chi connectivity index (χ4v) is 2.18. The zero-order valence-corrected chi connectivity index (χ0v) is 13.6. The molecule has 0 fully saturated rings. The molecule has 0 saturated carbocycles. The number of pyridine rings is 1. The monoisotopic (exact) mass is 330 g/mol. The number of nitrogens with zero attached hydrogens (tertiary/aromatic N) is 2. The number of benzene rings is 1. The van der Waals surface area contributed by atoms with Gasteiger partial charge in [-0.25, -0.2) is 4.98 Å². The van der Waals surface area contributed by atoms with Crippen LogP contribution in [0.15, 0.2) is 30.5 Å². The van der Waals surface area contributed by atoms with E-state index in [-0.39, 0.29) is 11.6 Å². The number of hydrogen-bond donors (Lipinski definition) is 2. The van der Waals surface area contributed by atoms with Gasteiger partial charge in [0.15, 0.2) is 0 Å².